The van der Waals surface area contributed by atoms with Gasteiger partial charge in [-0.1, -0.05) is 60.5 Å². The van der Waals surface area contributed by atoms with Crippen molar-refractivity contribution in [2.24, 2.45) is 0 Å². The molecule has 2 heterocycles. The van der Waals surface area contributed by atoms with Crippen molar-refractivity contribution in [3.05, 3.63) is 66.6 Å². The van der Waals surface area contributed by atoms with E-state index in [0.717, 1.165) is 16.2 Å². The lowest BCUT2D eigenvalue weighted by Gasteiger charge is -2.32. The van der Waals surface area contributed by atoms with Crippen LogP contribution in [-0.4, -0.2) is 18.3 Å². The molecule has 0 unspecified atom stereocenters. The fraction of sp³-hybridized carbons (Fsp3) is 0.250. The van der Waals surface area contributed by atoms with Crippen LogP contribution in [0.15, 0.2) is 71.0 Å². The molecule has 4 heteroatoms. The first-order chi connectivity index (χ1) is 15.4. The molecule has 1 saturated heterocycles. The Hall–Kier alpha value is -2.56. The minimum absolute atomic E-state index is 0.122. The summed E-state index contributed by atoms with van der Waals surface area (Å²) in [6, 6.07) is 9.45. The molecule has 0 atom stereocenters. The van der Waals surface area contributed by atoms with Crippen molar-refractivity contribution in [3.8, 4) is 11.1 Å². The Morgan fingerprint density at radius 2 is 1.57 bits per heavy atom. The van der Waals surface area contributed by atoms with Crippen LogP contribution < -0.4 is 5.46 Å². The van der Waals surface area contributed by atoms with Gasteiger partial charge >= 0.3 is 7.12 Å². The Morgan fingerprint density at radius 3 is 2.29 bits per heavy atom. The molecule has 0 radical (unpaired) electrons. The molecule has 5 rings (SSSR count). The van der Waals surface area contributed by atoms with Crippen LogP contribution in [0.2, 0.25) is 0 Å². The van der Waals surface area contributed by atoms with Crippen molar-refractivity contribution in [3.63, 3.8) is 0 Å². The Balaban J connectivity index is 1.70. The van der Waals surface area contributed by atoms with Gasteiger partial charge in [-0.15, -0.1) is 0 Å². The largest absolute Gasteiger partial charge is 0.494 e. The maximum absolute atomic E-state index is 8.36. The molecule has 28 heavy (non-hydrogen) atoms. The van der Waals surface area contributed by atoms with Gasteiger partial charge in [0, 0.05) is 16.3 Å². The molecule has 140 valence electrons. The first kappa shape index (κ1) is 12.8. The van der Waals surface area contributed by atoms with E-state index in [1.807, 2.05) is 52.0 Å². The van der Waals surface area contributed by atoms with Gasteiger partial charge in [-0.05, 0) is 44.8 Å². The monoisotopic (exact) mass is 375 g/mol. The van der Waals surface area contributed by atoms with Gasteiger partial charge in [-0.2, -0.15) is 0 Å². The lowest BCUT2D eigenvalue weighted by atomic mass is 9.78. The number of hydrogen-bond donors (Lipinski definition) is 0. The third-order valence-corrected chi connectivity index (χ3v) is 5.82. The van der Waals surface area contributed by atoms with Crippen LogP contribution in [0.4, 0.5) is 0 Å². The zero-order valence-corrected chi connectivity index (χ0v) is 16.3. The molecule has 1 aliphatic rings. The lowest BCUT2D eigenvalue weighted by molar-refractivity contribution is 0.00578. The summed E-state index contributed by atoms with van der Waals surface area (Å²) in [7, 11) is -0.520. The maximum atomic E-state index is 8.36. The van der Waals surface area contributed by atoms with Crippen molar-refractivity contribution in [2.75, 3.05) is 0 Å². The van der Waals surface area contributed by atoms with Crippen LogP contribution in [0, 0.1) is 0 Å². The average Bonchev–Trinajstić information content (AvgIpc) is 3.24. The van der Waals surface area contributed by atoms with Gasteiger partial charge < -0.3 is 13.7 Å². The van der Waals surface area contributed by atoms with Crippen molar-refractivity contribution >= 4 is 34.5 Å². The first-order valence-corrected chi connectivity index (χ1v) is 9.31. The van der Waals surface area contributed by atoms with Gasteiger partial charge in [-0.3, -0.25) is 0 Å². The SMILES string of the molecule is [2H]c1c([2H])c([2H])c(-c2cccc3c2oc2ccc(B4OC(C)(C)C(C)(C)O4)cc23)c([2H])c1[2H]. The van der Waals surface area contributed by atoms with E-state index in [-0.39, 0.29) is 29.7 Å². The summed E-state index contributed by atoms with van der Waals surface area (Å²) in [5.41, 5.74) is 1.62. The number of hydrogen-bond acceptors (Lipinski definition) is 3. The van der Waals surface area contributed by atoms with E-state index in [2.05, 4.69) is 0 Å². The number of fused-ring (bicyclic) bond motifs is 3. The Bertz CT molecular complexity index is 1400. The molecule has 4 aromatic rings. The molecule has 0 bridgehead atoms. The fourth-order valence-corrected chi connectivity index (χ4v) is 3.52. The molecule has 0 amide bonds. The predicted octanol–water partition coefficient (Wildman–Crippen LogP) is 5.55. The summed E-state index contributed by atoms with van der Waals surface area (Å²) in [6.07, 6.45) is 0. The first-order valence-electron chi connectivity index (χ1n) is 11.8. The van der Waals surface area contributed by atoms with Gasteiger partial charge in [0.15, 0.2) is 0 Å². The fourth-order valence-electron chi connectivity index (χ4n) is 3.52. The quantitative estimate of drug-likeness (QED) is 0.431. The molecule has 0 spiro atoms. The van der Waals surface area contributed by atoms with Crippen LogP contribution in [0.3, 0.4) is 0 Å². The van der Waals surface area contributed by atoms with Crippen LogP contribution in [0.1, 0.15) is 34.5 Å². The Labute approximate surface area is 172 Å². The summed E-state index contributed by atoms with van der Waals surface area (Å²) >= 11 is 0. The molecule has 0 N–H and O–H groups in total. The van der Waals surface area contributed by atoms with Crippen LogP contribution in [-0.2, 0) is 9.31 Å². The Kier molecular flexibility index (Phi) is 2.73. The molecule has 1 aromatic heterocycles. The molecule has 0 aliphatic carbocycles. The second kappa shape index (κ2) is 5.97. The van der Waals surface area contributed by atoms with Crippen molar-refractivity contribution in [1.82, 2.24) is 0 Å². The third kappa shape index (κ3) is 2.60. The second-order valence-corrected chi connectivity index (χ2v) is 8.13. The minimum Gasteiger partial charge on any atom is -0.455 e. The van der Waals surface area contributed by atoms with Crippen molar-refractivity contribution < 1.29 is 20.6 Å². The van der Waals surface area contributed by atoms with Crippen molar-refractivity contribution in [1.29, 1.82) is 0 Å². The molecule has 0 saturated carbocycles. The number of rotatable bonds is 2. The smallest absolute Gasteiger partial charge is 0.455 e. The van der Waals surface area contributed by atoms with Gasteiger partial charge in [0.2, 0.25) is 0 Å². The highest BCUT2D eigenvalue weighted by molar-refractivity contribution is 6.62. The zero-order valence-electron chi connectivity index (χ0n) is 21.3. The highest BCUT2D eigenvalue weighted by Crippen LogP contribution is 2.38. The minimum atomic E-state index is -0.520. The summed E-state index contributed by atoms with van der Waals surface area (Å²) in [6.45, 7) is 8.02. The highest BCUT2D eigenvalue weighted by Gasteiger charge is 2.51. The van der Waals surface area contributed by atoms with Crippen LogP contribution in [0.5, 0.6) is 0 Å². The standard InChI is InChI=1S/C24H23BO3/c1-23(2)24(3,4)28-25(27-23)17-13-14-21-20(15-17)19-12-8-11-18(22(19)26-21)16-9-6-5-7-10-16/h5-15H,1-4H3/i5D,6D,7D,9D,10D. The molecule has 3 aromatic carbocycles. The molecule has 1 aliphatic heterocycles. The molecular weight excluding hydrogens is 347 g/mol. The van der Waals surface area contributed by atoms with E-state index in [1.54, 1.807) is 12.1 Å². The van der Waals surface area contributed by atoms with E-state index >= 15 is 0 Å². The van der Waals surface area contributed by atoms with E-state index < -0.39 is 24.4 Å². The lowest BCUT2D eigenvalue weighted by Crippen LogP contribution is -2.41. The van der Waals surface area contributed by atoms with Gasteiger partial charge in [0.1, 0.15) is 11.2 Å². The molecular formula is C24H23BO3. The topological polar surface area (TPSA) is 31.6 Å². The predicted molar refractivity (Wildman–Crippen MR) is 115 cm³/mol. The summed E-state index contributed by atoms with van der Waals surface area (Å²) < 4.78 is 59.1. The highest BCUT2D eigenvalue weighted by atomic mass is 16.7. The van der Waals surface area contributed by atoms with Gasteiger partial charge in [0.25, 0.3) is 0 Å². The maximum Gasteiger partial charge on any atom is 0.494 e. The normalized spacial score (nSPS) is 20.7. The van der Waals surface area contributed by atoms with E-state index in [0.29, 0.717) is 16.7 Å². The molecule has 3 nitrogen and oxygen atoms in total. The summed E-state index contributed by atoms with van der Waals surface area (Å²) in [5, 5.41) is 1.62. The van der Waals surface area contributed by atoms with Crippen LogP contribution >= 0.6 is 0 Å². The van der Waals surface area contributed by atoms with E-state index in [4.69, 9.17) is 20.6 Å². The number of benzene rings is 3. The zero-order chi connectivity index (χ0) is 23.9. The van der Waals surface area contributed by atoms with E-state index in [1.165, 1.54) is 0 Å². The van der Waals surface area contributed by atoms with Crippen LogP contribution in [0.25, 0.3) is 33.1 Å². The summed E-state index contributed by atoms with van der Waals surface area (Å²) in [4.78, 5) is 0. The second-order valence-electron chi connectivity index (χ2n) is 8.13. The van der Waals surface area contributed by atoms with Gasteiger partial charge in [-0.25, -0.2) is 0 Å². The van der Waals surface area contributed by atoms with Gasteiger partial charge in [0.05, 0.1) is 18.1 Å². The average molecular weight is 375 g/mol. The Morgan fingerprint density at radius 1 is 0.857 bits per heavy atom. The van der Waals surface area contributed by atoms with E-state index in [9.17, 15) is 0 Å². The summed E-state index contributed by atoms with van der Waals surface area (Å²) in [5.74, 6) is 0. The van der Waals surface area contributed by atoms with Crippen molar-refractivity contribution in [2.45, 2.75) is 38.9 Å². The molecule has 1 fully saturated rings. The third-order valence-electron chi connectivity index (χ3n) is 5.82. The number of furan rings is 1. The number of para-hydroxylation sites is 1.